The van der Waals surface area contributed by atoms with E-state index in [0.717, 1.165) is 0 Å². The summed E-state index contributed by atoms with van der Waals surface area (Å²) in [5, 5.41) is 9.20. The number of anilines is 1. The number of alkyl halides is 6. The monoisotopic (exact) mass is 642 g/mol. The number of amides is 1. The SMILES string of the molecule is CC(C)(C)OC(=O)Nc1cc(C(F)(F)F)c2nc1-c1nnc(o1)[C@@](OCc1ccccc1)(C(F)(F)F)CCC(=O)CCCC2=O. The summed E-state index contributed by atoms with van der Waals surface area (Å²) in [6, 6.07) is 8.20. The fourth-order valence-corrected chi connectivity index (χ4v) is 4.47. The molecule has 0 spiro atoms. The van der Waals surface area contributed by atoms with Gasteiger partial charge in [-0.3, -0.25) is 14.9 Å². The zero-order valence-electron chi connectivity index (χ0n) is 24.3. The average Bonchev–Trinajstić information content (AvgIpc) is 3.41. The van der Waals surface area contributed by atoms with Crippen molar-refractivity contribution in [1.82, 2.24) is 15.2 Å². The summed E-state index contributed by atoms with van der Waals surface area (Å²) in [4.78, 5) is 41.9. The molecular formula is C29H28F6N4O6. The van der Waals surface area contributed by atoms with E-state index in [1.807, 2.05) is 0 Å². The van der Waals surface area contributed by atoms with Gasteiger partial charge in [0.1, 0.15) is 17.1 Å². The summed E-state index contributed by atoms with van der Waals surface area (Å²) < 4.78 is 103. The maximum absolute atomic E-state index is 14.9. The Morgan fingerprint density at radius 3 is 2.29 bits per heavy atom. The number of ketones is 2. The molecule has 3 heterocycles. The summed E-state index contributed by atoms with van der Waals surface area (Å²) >= 11 is 0. The number of pyridine rings is 1. The molecule has 45 heavy (non-hydrogen) atoms. The number of halogens is 6. The Bertz CT molecular complexity index is 1570. The molecule has 0 fully saturated rings. The molecule has 0 unspecified atom stereocenters. The molecule has 0 aliphatic carbocycles. The largest absolute Gasteiger partial charge is 0.444 e. The number of aromatic nitrogens is 3. The second-order valence-corrected chi connectivity index (χ2v) is 11.2. The molecule has 10 nitrogen and oxygen atoms in total. The summed E-state index contributed by atoms with van der Waals surface area (Å²) in [6.45, 7) is 3.87. The van der Waals surface area contributed by atoms with Gasteiger partial charge in [-0.25, -0.2) is 9.78 Å². The molecule has 242 valence electrons. The topological polar surface area (TPSA) is 134 Å². The van der Waals surface area contributed by atoms with Crippen LogP contribution in [0, 0.1) is 0 Å². The smallest absolute Gasteiger partial charge is 0.426 e. The lowest BCUT2D eigenvalue weighted by atomic mass is 9.93. The molecule has 1 aliphatic heterocycles. The molecular weight excluding hydrogens is 614 g/mol. The highest BCUT2D eigenvalue weighted by Crippen LogP contribution is 2.47. The lowest BCUT2D eigenvalue weighted by molar-refractivity contribution is -0.299. The van der Waals surface area contributed by atoms with Gasteiger partial charge in [0.15, 0.2) is 11.5 Å². The Balaban J connectivity index is 1.93. The molecule has 0 saturated carbocycles. The van der Waals surface area contributed by atoms with E-state index >= 15 is 0 Å². The molecule has 4 rings (SSSR count). The first-order valence-corrected chi connectivity index (χ1v) is 13.7. The van der Waals surface area contributed by atoms with Crippen molar-refractivity contribution in [2.75, 3.05) is 5.32 Å². The third kappa shape index (κ3) is 7.85. The van der Waals surface area contributed by atoms with Crippen molar-refractivity contribution in [3.05, 3.63) is 59.1 Å². The van der Waals surface area contributed by atoms with Gasteiger partial charge in [0.2, 0.25) is 5.60 Å². The van der Waals surface area contributed by atoms with E-state index in [4.69, 9.17) is 13.9 Å². The van der Waals surface area contributed by atoms with Crippen LogP contribution in [0.3, 0.4) is 0 Å². The fourth-order valence-electron chi connectivity index (χ4n) is 4.47. The van der Waals surface area contributed by atoms with Crippen LogP contribution in [0.2, 0.25) is 0 Å². The number of Topliss-reactive ketones (excluding diaryl/α,β-unsaturated/α-hetero) is 2. The Hall–Kier alpha value is -4.34. The van der Waals surface area contributed by atoms with Gasteiger partial charge in [-0.05, 0) is 38.8 Å². The fraction of sp³-hybridized carbons (Fsp3) is 0.448. The number of benzene rings is 1. The van der Waals surface area contributed by atoms with Crippen molar-refractivity contribution < 1.29 is 54.6 Å². The normalized spacial score (nSPS) is 18.3. The van der Waals surface area contributed by atoms with Crippen LogP contribution in [0.15, 0.2) is 40.8 Å². The highest BCUT2D eigenvalue weighted by molar-refractivity contribution is 5.98. The van der Waals surface area contributed by atoms with E-state index in [9.17, 15) is 40.7 Å². The van der Waals surface area contributed by atoms with Crippen molar-refractivity contribution in [2.45, 2.75) is 83.0 Å². The number of nitrogens with zero attached hydrogens (tertiary/aromatic N) is 3. The minimum absolute atomic E-state index is 0.258. The third-order valence-electron chi connectivity index (χ3n) is 6.60. The van der Waals surface area contributed by atoms with Gasteiger partial charge < -0.3 is 13.9 Å². The minimum Gasteiger partial charge on any atom is -0.444 e. The molecule has 1 aromatic carbocycles. The molecule has 1 atom stereocenters. The Morgan fingerprint density at radius 2 is 1.67 bits per heavy atom. The summed E-state index contributed by atoms with van der Waals surface area (Å²) in [6.07, 6.45) is -14.5. The van der Waals surface area contributed by atoms with Crippen molar-refractivity contribution in [2.24, 2.45) is 0 Å². The molecule has 0 saturated heterocycles. The second kappa shape index (κ2) is 12.6. The zero-order valence-corrected chi connectivity index (χ0v) is 24.3. The van der Waals surface area contributed by atoms with Gasteiger partial charge in [0.05, 0.1) is 17.9 Å². The quantitative estimate of drug-likeness (QED) is 0.294. The first-order valence-electron chi connectivity index (χ1n) is 13.7. The van der Waals surface area contributed by atoms with E-state index in [0.29, 0.717) is 11.6 Å². The second-order valence-electron chi connectivity index (χ2n) is 11.2. The van der Waals surface area contributed by atoms with Crippen LogP contribution in [0.1, 0.15) is 80.4 Å². The van der Waals surface area contributed by atoms with Gasteiger partial charge in [0.25, 0.3) is 11.8 Å². The maximum atomic E-state index is 14.9. The van der Waals surface area contributed by atoms with E-state index in [-0.39, 0.29) is 6.42 Å². The van der Waals surface area contributed by atoms with E-state index < -0.39 is 108 Å². The highest BCUT2D eigenvalue weighted by atomic mass is 19.4. The molecule has 2 aromatic heterocycles. The van der Waals surface area contributed by atoms with Crippen molar-refractivity contribution in [1.29, 1.82) is 0 Å². The number of fused-ring (bicyclic) bond motifs is 5. The highest BCUT2D eigenvalue weighted by Gasteiger charge is 2.61. The summed E-state index contributed by atoms with van der Waals surface area (Å²) in [5.41, 5.74) is -8.17. The van der Waals surface area contributed by atoms with E-state index in [1.54, 1.807) is 18.2 Å². The van der Waals surface area contributed by atoms with Crippen LogP contribution >= 0.6 is 0 Å². The minimum atomic E-state index is -5.23. The number of ether oxygens (including phenoxy) is 2. The van der Waals surface area contributed by atoms with E-state index in [2.05, 4.69) is 20.5 Å². The summed E-state index contributed by atoms with van der Waals surface area (Å²) in [7, 11) is 0. The average molecular weight is 643 g/mol. The Morgan fingerprint density at radius 1 is 0.978 bits per heavy atom. The lowest BCUT2D eigenvalue weighted by Crippen LogP contribution is -2.45. The summed E-state index contributed by atoms with van der Waals surface area (Å²) in [5.74, 6) is -3.83. The number of rotatable bonds is 4. The lowest BCUT2D eigenvalue weighted by Gasteiger charge is -2.32. The molecule has 1 aliphatic rings. The van der Waals surface area contributed by atoms with Crippen molar-refractivity contribution in [3.8, 4) is 11.6 Å². The van der Waals surface area contributed by atoms with Crippen LogP contribution in [0.5, 0.6) is 0 Å². The van der Waals surface area contributed by atoms with Crippen LogP contribution in [0.25, 0.3) is 11.6 Å². The van der Waals surface area contributed by atoms with Crippen LogP contribution < -0.4 is 5.32 Å². The zero-order chi connectivity index (χ0) is 33.2. The Kier molecular flexibility index (Phi) is 9.37. The van der Waals surface area contributed by atoms with E-state index in [1.165, 1.54) is 32.9 Å². The standard InChI is InChI=1S/C29H28F6N4O6/c1-26(2,3)45-25(42)36-19-14-18(28(30,31)32)21-20(41)11-7-10-17(40)12-13-27(29(33,34)35,43-15-16-8-5-4-6-9-16)24-39-38-23(44-24)22(19)37-21/h4-6,8-9,14H,7,10-13,15H2,1-3H3,(H,36,42)/t27-/m1/s1. The molecule has 0 radical (unpaired) electrons. The maximum Gasteiger partial charge on any atom is 0.426 e. The molecule has 16 heteroatoms. The first-order chi connectivity index (χ1) is 20.9. The Labute approximate surface area is 252 Å². The molecule has 1 N–H and O–H groups in total. The van der Waals surface area contributed by atoms with Gasteiger partial charge >= 0.3 is 18.4 Å². The molecule has 3 aromatic rings. The number of nitrogens with one attached hydrogen (secondary N) is 1. The number of carbonyl (C=O) groups excluding carboxylic acids is 3. The molecule has 1 amide bonds. The van der Waals surface area contributed by atoms with Crippen molar-refractivity contribution >= 4 is 23.3 Å². The van der Waals surface area contributed by atoms with Crippen LogP contribution in [-0.4, -0.2) is 44.6 Å². The first kappa shape index (κ1) is 33.6. The number of hydrogen-bond acceptors (Lipinski definition) is 9. The van der Waals surface area contributed by atoms with Crippen LogP contribution in [0.4, 0.5) is 36.8 Å². The van der Waals surface area contributed by atoms with Gasteiger partial charge in [-0.1, -0.05) is 30.3 Å². The predicted octanol–water partition coefficient (Wildman–Crippen LogP) is 7.19. The van der Waals surface area contributed by atoms with Gasteiger partial charge in [-0.15, -0.1) is 10.2 Å². The number of hydrogen-bond donors (Lipinski definition) is 1. The number of carbonyl (C=O) groups is 3. The third-order valence-corrected chi connectivity index (χ3v) is 6.60. The van der Waals surface area contributed by atoms with Gasteiger partial charge in [-0.2, -0.15) is 26.3 Å². The van der Waals surface area contributed by atoms with Gasteiger partial charge in [0, 0.05) is 25.7 Å². The molecule has 4 bridgehead atoms. The predicted molar refractivity (Wildman–Crippen MR) is 144 cm³/mol. The van der Waals surface area contributed by atoms with Crippen LogP contribution in [-0.2, 0) is 32.7 Å². The van der Waals surface area contributed by atoms with Crippen molar-refractivity contribution in [3.63, 3.8) is 0 Å².